The van der Waals surface area contributed by atoms with Gasteiger partial charge in [0.05, 0.1) is 24.2 Å². The first-order chi connectivity index (χ1) is 13.3. The minimum absolute atomic E-state index is 0.0146. The van der Waals surface area contributed by atoms with E-state index in [1.807, 2.05) is 24.8 Å². The molecule has 6 heteroatoms. The van der Waals surface area contributed by atoms with Crippen molar-refractivity contribution in [2.45, 2.75) is 58.4 Å². The lowest BCUT2D eigenvalue weighted by Crippen LogP contribution is -2.53. The van der Waals surface area contributed by atoms with Crippen molar-refractivity contribution in [3.63, 3.8) is 0 Å². The van der Waals surface area contributed by atoms with Gasteiger partial charge in [0.15, 0.2) is 0 Å². The van der Waals surface area contributed by atoms with Crippen molar-refractivity contribution in [1.29, 1.82) is 0 Å². The van der Waals surface area contributed by atoms with E-state index in [9.17, 15) is 9.59 Å². The lowest BCUT2D eigenvalue weighted by molar-refractivity contribution is -0.133. The van der Waals surface area contributed by atoms with E-state index in [1.54, 1.807) is 6.20 Å². The van der Waals surface area contributed by atoms with Crippen molar-refractivity contribution in [3.05, 3.63) is 29.1 Å². The molecule has 3 heterocycles. The number of hydrogen-bond donors (Lipinski definition) is 1. The van der Waals surface area contributed by atoms with Crippen LogP contribution in [0.15, 0.2) is 12.3 Å². The van der Waals surface area contributed by atoms with Crippen molar-refractivity contribution >= 4 is 11.8 Å². The second-order valence-corrected chi connectivity index (χ2v) is 9.28. The third-order valence-electron chi connectivity index (χ3n) is 6.87. The number of amides is 2. The minimum atomic E-state index is -0.635. The Morgan fingerprint density at radius 1 is 1.36 bits per heavy atom. The number of fused-ring (bicyclic) bond motifs is 2. The van der Waals surface area contributed by atoms with Crippen LogP contribution in [0.3, 0.4) is 0 Å². The Bertz CT molecular complexity index is 791. The van der Waals surface area contributed by atoms with Crippen LogP contribution < -0.4 is 5.32 Å². The third kappa shape index (κ3) is 3.32. The molecule has 0 spiro atoms. The van der Waals surface area contributed by atoms with Gasteiger partial charge in [0, 0.05) is 36.4 Å². The van der Waals surface area contributed by atoms with Crippen molar-refractivity contribution in [2.75, 3.05) is 26.3 Å². The third-order valence-corrected chi connectivity index (χ3v) is 6.87. The summed E-state index contributed by atoms with van der Waals surface area (Å²) in [4.78, 5) is 32.7. The van der Waals surface area contributed by atoms with Crippen LogP contribution in [0, 0.1) is 11.3 Å². The quantitative estimate of drug-likeness (QED) is 0.864. The summed E-state index contributed by atoms with van der Waals surface area (Å²) in [5, 5.41) is 3.18. The maximum atomic E-state index is 13.2. The van der Waals surface area contributed by atoms with E-state index in [-0.39, 0.29) is 23.3 Å². The lowest BCUT2D eigenvalue weighted by atomic mass is 9.79. The van der Waals surface area contributed by atoms with Gasteiger partial charge in [-0.3, -0.25) is 14.6 Å². The average molecular weight is 386 g/mol. The molecule has 2 fully saturated rings. The van der Waals surface area contributed by atoms with Gasteiger partial charge in [0.1, 0.15) is 0 Å². The van der Waals surface area contributed by atoms with Crippen molar-refractivity contribution < 1.29 is 14.3 Å². The number of nitrogens with one attached hydrogen (secondary N) is 1. The molecule has 1 aromatic heterocycles. The predicted octanol–water partition coefficient (Wildman–Crippen LogP) is 2.35. The molecule has 0 saturated carbocycles. The molecule has 1 aliphatic carbocycles. The van der Waals surface area contributed by atoms with Gasteiger partial charge in [0.25, 0.3) is 5.91 Å². The molecule has 4 rings (SSSR count). The average Bonchev–Trinajstić information content (AvgIpc) is 3.25. The number of carbonyl (C=O) groups is 2. The zero-order valence-electron chi connectivity index (χ0n) is 17.2. The summed E-state index contributed by atoms with van der Waals surface area (Å²) < 4.78 is 5.68. The van der Waals surface area contributed by atoms with E-state index in [0.29, 0.717) is 31.9 Å². The van der Waals surface area contributed by atoms with Gasteiger partial charge in [-0.05, 0) is 57.6 Å². The number of carbonyl (C=O) groups excluding carboxylic acids is 2. The summed E-state index contributed by atoms with van der Waals surface area (Å²) in [6.45, 7) is 8.02. The van der Waals surface area contributed by atoms with Gasteiger partial charge < -0.3 is 15.0 Å². The minimum Gasteiger partial charge on any atom is -0.380 e. The van der Waals surface area contributed by atoms with Gasteiger partial charge in [-0.25, -0.2) is 0 Å². The lowest BCUT2D eigenvalue weighted by Gasteiger charge is -2.32. The molecule has 1 aromatic rings. The maximum absolute atomic E-state index is 13.2. The Morgan fingerprint density at radius 2 is 2.14 bits per heavy atom. The van der Waals surface area contributed by atoms with Crippen molar-refractivity contribution in [3.8, 4) is 0 Å². The molecule has 0 unspecified atom stereocenters. The van der Waals surface area contributed by atoms with Crippen LogP contribution in [0.1, 0.15) is 61.6 Å². The van der Waals surface area contributed by atoms with E-state index in [0.717, 1.165) is 31.4 Å². The van der Waals surface area contributed by atoms with Crippen LogP contribution in [0.25, 0.3) is 0 Å². The normalized spacial score (nSPS) is 26.7. The fourth-order valence-corrected chi connectivity index (χ4v) is 4.62. The van der Waals surface area contributed by atoms with Gasteiger partial charge >= 0.3 is 0 Å². The van der Waals surface area contributed by atoms with Crippen LogP contribution in [0.4, 0.5) is 0 Å². The fourth-order valence-electron chi connectivity index (χ4n) is 4.62. The highest BCUT2D eigenvalue weighted by molar-refractivity contribution is 5.95. The number of ether oxygens (including phenoxy) is 1. The first kappa shape index (κ1) is 19.4. The maximum Gasteiger partial charge on any atom is 0.255 e. The fraction of sp³-hybridized carbons (Fsp3) is 0.682. The topological polar surface area (TPSA) is 71.5 Å². The van der Waals surface area contributed by atoms with Gasteiger partial charge in [0.2, 0.25) is 5.91 Å². The zero-order valence-corrected chi connectivity index (χ0v) is 17.2. The Labute approximate surface area is 167 Å². The summed E-state index contributed by atoms with van der Waals surface area (Å²) in [6.07, 6.45) is 6.90. The highest BCUT2D eigenvalue weighted by atomic mass is 16.5. The van der Waals surface area contributed by atoms with E-state index in [4.69, 9.17) is 4.74 Å². The molecule has 2 atom stereocenters. The van der Waals surface area contributed by atoms with Gasteiger partial charge in [-0.2, -0.15) is 0 Å². The summed E-state index contributed by atoms with van der Waals surface area (Å²) in [7, 11) is 0. The van der Waals surface area contributed by atoms with E-state index in [1.165, 1.54) is 12.0 Å². The van der Waals surface area contributed by atoms with Crippen LogP contribution >= 0.6 is 0 Å². The molecule has 1 N–H and O–H groups in total. The smallest absolute Gasteiger partial charge is 0.255 e. The largest absolute Gasteiger partial charge is 0.380 e. The van der Waals surface area contributed by atoms with E-state index >= 15 is 0 Å². The molecule has 152 valence electrons. The Hall–Kier alpha value is -1.95. The summed E-state index contributed by atoms with van der Waals surface area (Å²) in [5.41, 5.74) is 2.08. The molecular weight excluding hydrogens is 354 g/mol. The number of rotatable bonds is 4. The summed E-state index contributed by atoms with van der Waals surface area (Å²) in [5.74, 6) is 0.0487. The number of aromatic nitrogens is 1. The molecule has 28 heavy (non-hydrogen) atoms. The highest BCUT2D eigenvalue weighted by Crippen LogP contribution is 2.42. The number of aryl methyl sites for hydroxylation is 2. The zero-order chi connectivity index (χ0) is 19.9. The molecule has 2 saturated heterocycles. The monoisotopic (exact) mass is 385 g/mol. The van der Waals surface area contributed by atoms with Crippen LogP contribution in [-0.2, 0) is 22.4 Å². The molecule has 6 nitrogen and oxygen atoms in total. The Morgan fingerprint density at radius 3 is 2.93 bits per heavy atom. The van der Waals surface area contributed by atoms with Crippen LogP contribution in [0.2, 0.25) is 0 Å². The van der Waals surface area contributed by atoms with Crippen molar-refractivity contribution in [2.24, 2.45) is 11.3 Å². The second-order valence-electron chi connectivity index (χ2n) is 9.28. The molecule has 2 aliphatic heterocycles. The standard InChI is InChI=1S/C22H31N3O3/c1-4-21(2,3)24-20(27)22-13-25(11-17(22)12-28-14-22)19(26)16-9-15-7-5-6-8-18(15)23-10-16/h9-10,17H,4-8,11-14H2,1-3H3,(H,24,27)/t17-,22-/m1/s1. The molecule has 0 bridgehead atoms. The number of pyridine rings is 1. The molecule has 0 radical (unpaired) electrons. The van der Waals surface area contributed by atoms with Crippen LogP contribution in [-0.4, -0.2) is 53.5 Å². The first-order valence-electron chi connectivity index (χ1n) is 10.5. The summed E-state index contributed by atoms with van der Waals surface area (Å²) >= 11 is 0. The molecule has 3 aliphatic rings. The van der Waals surface area contributed by atoms with E-state index in [2.05, 4.69) is 17.2 Å². The molecular formula is C22H31N3O3. The first-order valence-corrected chi connectivity index (χ1v) is 10.5. The summed E-state index contributed by atoms with van der Waals surface area (Å²) in [6, 6.07) is 2.02. The van der Waals surface area contributed by atoms with Crippen LogP contribution in [0.5, 0.6) is 0 Å². The SMILES string of the molecule is CCC(C)(C)NC(=O)[C@]12COC[C@H]1CN(C(=O)c1cnc3c(c1)CCCC3)C2. The van der Waals surface area contributed by atoms with E-state index < -0.39 is 5.41 Å². The number of hydrogen-bond acceptors (Lipinski definition) is 4. The highest BCUT2D eigenvalue weighted by Gasteiger charge is 2.57. The number of likely N-dealkylation sites (tertiary alicyclic amines) is 1. The van der Waals surface area contributed by atoms with Gasteiger partial charge in [-0.15, -0.1) is 0 Å². The Balaban J connectivity index is 1.53. The van der Waals surface area contributed by atoms with Gasteiger partial charge in [-0.1, -0.05) is 6.92 Å². The number of nitrogens with zero attached hydrogens (tertiary/aromatic N) is 2. The molecule has 0 aromatic carbocycles. The van der Waals surface area contributed by atoms with Crippen molar-refractivity contribution in [1.82, 2.24) is 15.2 Å². The second kappa shape index (κ2) is 7.14. The predicted molar refractivity (Wildman–Crippen MR) is 106 cm³/mol. The Kier molecular flexibility index (Phi) is 4.94. The molecule has 2 amide bonds.